The molecule has 0 aromatic heterocycles. The zero-order valence-electron chi connectivity index (χ0n) is 9.38. The lowest BCUT2D eigenvalue weighted by Crippen LogP contribution is -2.33. The van der Waals surface area contributed by atoms with E-state index in [0.717, 1.165) is 0 Å². The van der Waals surface area contributed by atoms with Crippen molar-refractivity contribution in [2.75, 3.05) is 13.7 Å². The maximum atomic E-state index is 11.8. The zero-order valence-corrected chi connectivity index (χ0v) is 12.5. The maximum absolute atomic E-state index is 11.8. The number of alkyl halides is 1. The summed E-state index contributed by atoms with van der Waals surface area (Å²) < 4.78 is 4.51. The molecule has 4 nitrogen and oxygen atoms in total. The van der Waals surface area contributed by atoms with Crippen LogP contribution in [0, 0.1) is 0 Å². The molecule has 1 aromatic rings. The highest BCUT2D eigenvalue weighted by atomic mass is 79.9. The molecule has 1 N–H and O–H groups in total. The smallest absolute Gasteiger partial charge is 0.321 e. The standard InChI is InChI=1S/C11H10BrCl2NO3/c1-18-11(17)9(12)5-15-10(16)6-2-7(13)4-8(14)3-6/h2-4,9H,5H2,1H3,(H,15,16). The predicted octanol–water partition coefficient (Wildman–Crippen LogP) is 2.66. The van der Waals surface area contributed by atoms with Crippen LogP contribution in [0.4, 0.5) is 0 Å². The normalized spacial score (nSPS) is 11.8. The minimum atomic E-state index is -0.596. The molecule has 1 atom stereocenters. The van der Waals surface area contributed by atoms with Crippen molar-refractivity contribution in [3.63, 3.8) is 0 Å². The number of carbonyl (C=O) groups is 2. The van der Waals surface area contributed by atoms with Crippen molar-refractivity contribution in [1.29, 1.82) is 0 Å². The number of nitrogens with one attached hydrogen (secondary N) is 1. The molecular weight excluding hydrogens is 345 g/mol. The van der Waals surface area contributed by atoms with Crippen molar-refractivity contribution in [2.45, 2.75) is 4.83 Å². The molecule has 1 amide bonds. The summed E-state index contributed by atoms with van der Waals surface area (Å²) in [5.41, 5.74) is 0.331. The minimum Gasteiger partial charge on any atom is -0.468 e. The average molecular weight is 355 g/mol. The van der Waals surface area contributed by atoms with Gasteiger partial charge in [0.25, 0.3) is 5.91 Å². The van der Waals surface area contributed by atoms with Gasteiger partial charge in [0.05, 0.1) is 7.11 Å². The van der Waals surface area contributed by atoms with Gasteiger partial charge >= 0.3 is 5.97 Å². The minimum absolute atomic E-state index is 0.107. The number of halogens is 3. The number of rotatable bonds is 4. The molecule has 1 aromatic carbocycles. The van der Waals surface area contributed by atoms with Crippen LogP contribution in [0.5, 0.6) is 0 Å². The maximum Gasteiger partial charge on any atom is 0.321 e. The summed E-state index contributed by atoms with van der Waals surface area (Å²) in [5.74, 6) is -0.827. The lowest BCUT2D eigenvalue weighted by Gasteiger charge is -2.09. The lowest BCUT2D eigenvalue weighted by molar-refractivity contribution is -0.139. The summed E-state index contributed by atoms with van der Waals surface area (Å²) in [5, 5.41) is 3.31. The molecule has 0 saturated carbocycles. The number of ether oxygens (including phenoxy) is 1. The van der Waals surface area contributed by atoms with E-state index in [1.54, 1.807) is 0 Å². The van der Waals surface area contributed by atoms with Crippen LogP contribution in [0.3, 0.4) is 0 Å². The van der Waals surface area contributed by atoms with Gasteiger partial charge in [-0.15, -0.1) is 0 Å². The van der Waals surface area contributed by atoms with Gasteiger partial charge in [0.2, 0.25) is 0 Å². The van der Waals surface area contributed by atoms with Gasteiger partial charge in [-0.1, -0.05) is 39.1 Å². The Balaban J connectivity index is 2.63. The van der Waals surface area contributed by atoms with E-state index in [2.05, 4.69) is 26.0 Å². The van der Waals surface area contributed by atoms with Crippen LogP contribution >= 0.6 is 39.1 Å². The van der Waals surface area contributed by atoms with Crippen molar-refractivity contribution in [3.8, 4) is 0 Å². The summed E-state index contributed by atoms with van der Waals surface area (Å²) in [6, 6.07) is 4.51. The first-order valence-corrected chi connectivity index (χ1v) is 6.57. The highest BCUT2D eigenvalue weighted by Gasteiger charge is 2.16. The van der Waals surface area contributed by atoms with Crippen LogP contribution in [0.25, 0.3) is 0 Å². The molecular formula is C11H10BrCl2NO3. The van der Waals surface area contributed by atoms with Crippen LogP contribution in [0.2, 0.25) is 10.0 Å². The third-order valence-electron chi connectivity index (χ3n) is 2.02. The highest BCUT2D eigenvalue weighted by molar-refractivity contribution is 9.10. The first-order valence-electron chi connectivity index (χ1n) is 4.90. The number of methoxy groups -OCH3 is 1. The molecule has 0 aliphatic carbocycles. The molecule has 0 spiro atoms. The van der Waals surface area contributed by atoms with E-state index >= 15 is 0 Å². The number of amides is 1. The summed E-state index contributed by atoms with van der Waals surface area (Å²) in [6.45, 7) is 0.107. The Bertz CT molecular complexity index is 447. The fourth-order valence-corrected chi connectivity index (χ4v) is 2.06. The molecule has 0 aliphatic heterocycles. The molecule has 0 aliphatic rings. The van der Waals surface area contributed by atoms with Gasteiger partial charge in [-0.05, 0) is 18.2 Å². The van der Waals surface area contributed by atoms with Crippen LogP contribution in [-0.2, 0) is 9.53 Å². The summed E-state index contributed by atoms with van der Waals surface area (Å²) >= 11 is 14.7. The van der Waals surface area contributed by atoms with Crippen molar-refractivity contribution in [1.82, 2.24) is 5.32 Å². The van der Waals surface area contributed by atoms with Crippen molar-refractivity contribution in [2.24, 2.45) is 0 Å². The van der Waals surface area contributed by atoms with Gasteiger partial charge in [0, 0.05) is 22.2 Å². The van der Waals surface area contributed by atoms with E-state index < -0.39 is 10.8 Å². The Morgan fingerprint density at radius 2 is 1.89 bits per heavy atom. The monoisotopic (exact) mass is 353 g/mol. The van der Waals surface area contributed by atoms with Gasteiger partial charge < -0.3 is 10.1 Å². The van der Waals surface area contributed by atoms with E-state index in [1.807, 2.05) is 0 Å². The van der Waals surface area contributed by atoms with E-state index in [0.29, 0.717) is 15.6 Å². The quantitative estimate of drug-likeness (QED) is 0.668. The predicted molar refractivity (Wildman–Crippen MR) is 73.5 cm³/mol. The fraction of sp³-hybridized carbons (Fsp3) is 0.273. The number of carbonyl (C=O) groups excluding carboxylic acids is 2. The van der Waals surface area contributed by atoms with Crippen molar-refractivity contribution >= 4 is 51.0 Å². The first kappa shape index (κ1) is 15.3. The second-order valence-electron chi connectivity index (χ2n) is 3.36. The summed E-state index contributed by atoms with van der Waals surface area (Å²) in [4.78, 5) is 22.3. The number of hydrogen-bond acceptors (Lipinski definition) is 3. The van der Waals surface area contributed by atoms with E-state index in [-0.39, 0.29) is 12.5 Å². The van der Waals surface area contributed by atoms with Gasteiger partial charge in [0.15, 0.2) is 0 Å². The molecule has 0 fully saturated rings. The molecule has 0 saturated heterocycles. The summed E-state index contributed by atoms with van der Waals surface area (Å²) in [7, 11) is 1.27. The van der Waals surface area contributed by atoms with E-state index in [4.69, 9.17) is 23.2 Å². The highest BCUT2D eigenvalue weighted by Crippen LogP contribution is 2.18. The van der Waals surface area contributed by atoms with Crippen LogP contribution in [-0.4, -0.2) is 30.4 Å². The zero-order chi connectivity index (χ0) is 13.7. The second-order valence-corrected chi connectivity index (χ2v) is 5.34. The number of benzene rings is 1. The second kappa shape index (κ2) is 6.97. The molecule has 0 radical (unpaired) electrons. The fourth-order valence-electron chi connectivity index (χ4n) is 1.18. The largest absolute Gasteiger partial charge is 0.468 e. The van der Waals surface area contributed by atoms with E-state index in [1.165, 1.54) is 25.3 Å². The Morgan fingerprint density at radius 3 is 2.39 bits per heavy atom. The molecule has 98 valence electrons. The third kappa shape index (κ3) is 4.48. The van der Waals surface area contributed by atoms with Gasteiger partial charge in [-0.3, -0.25) is 9.59 Å². The van der Waals surface area contributed by atoms with Crippen molar-refractivity contribution in [3.05, 3.63) is 33.8 Å². The van der Waals surface area contributed by atoms with Gasteiger partial charge in [-0.25, -0.2) is 0 Å². The Labute approximate surface area is 123 Å². The van der Waals surface area contributed by atoms with Gasteiger partial charge in [-0.2, -0.15) is 0 Å². The number of esters is 1. The topological polar surface area (TPSA) is 55.4 Å². The Kier molecular flexibility index (Phi) is 5.91. The lowest BCUT2D eigenvalue weighted by atomic mass is 10.2. The van der Waals surface area contributed by atoms with Crippen LogP contribution < -0.4 is 5.32 Å². The molecule has 7 heteroatoms. The van der Waals surface area contributed by atoms with Crippen LogP contribution in [0.1, 0.15) is 10.4 Å². The molecule has 0 heterocycles. The number of hydrogen-bond donors (Lipinski definition) is 1. The first-order chi connectivity index (χ1) is 8.43. The average Bonchev–Trinajstić information content (AvgIpc) is 2.33. The third-order valence-corrected chi connectivity index (χ3v) is 3.16. The molecule has 18 heavy (non-hydrogen) atoms. The van der Waals surface area contributed by atoms with E-state index in [9.17, 15) is 9.59 Å². The van der Waals surface area contributed by atoms with Crippen LogP contribution in [0.15, 0.2) is 18.2 Å². The SMILES string of the molecule is COC(=O)C(Br)CNC(=O)c1cc(Cl)cc(Cl)c1. The molecule has 0 bridgehead atoms. The summed E-state index contributed by atoms with van der Waals surface area (Å²) in [6.07, 6.45) is 0. The Morgan fingerprint density at radius 1 is 1.33 bits per heavy atom. The van der Waals surface area contributed by atoms with Gasteiger partial charge in [0.1, 0.15) is 4.83 Å². The molecule has 1 unspecified atom stereocenters. The Hall–Kier alpha value is -0.780. The molecule has 1 rings (SSSR count). The van der Waals surface area contributed by atoms with Crippen molar-refractivity contribution < 1.29 is 14.3 Å².